The van der Waals surface area contributed by atoms with E-state index in [2.05, 4.69) is 5.32 Å². The normalized spacial score (nSPS) is 23.9. The number of aliphatic hydroxyl groups is 1. The second-order valence-electron chi connectivity index (χ2n) is 6.29. The molecule has 1 unspecified atom stereocenters. The molecule has 21 heavy (non-hydrogen) atoms. The number of carbonyl (C=O) groups is 1. The number of rotatable bonds is 4. The van der Waals surface area contributed by atoms with Crippen molar-refractivity contribution in [3.8, 4) is 0 Å². The number of amides is 1. The molecule has 1 fully saturated rings. The molecule has 2 rings (SSSR count). The van der Waals surface area contributed by atoms with E-state index in [4.69, 9.17) is 0 Å². The zero-order chi connectivity index (χ0) is 15.4. The van der Waals surface area contributed by atoms with Crippen molar-refractivity contribution < 1.29 is 9.90 Å². The number of nitrogens with one attached hydrogen (secondary N) is 1. The van der Waals surface area contributed by atoms with Gasteiger partial charge in [-0.05, 0) is 52.3 Å². The van der Waals surface area contributed by atoms with E-state index in [9.17, 15) is 9.90 Å². The molecule has 0 spiro atoms. The van der Waals surface area contributed by atoms with Crippen molar-refractivity contribution in [1.82, 2.24) is 10.2 Å². The smallest absolute Gasteiger partial charge is 0.242 e. The molecule has 1 atom stereocenters. The van der Waals surface area contributed by atoms with Gasteiger partial charge in [0.15, 0.2) is 0 Å². The van der Waals surface area contributed by atoms with Gasteiger partial charge in [-0.1, -0.05) is 29.8 Å². The van der Waals surface area contributed by atoms with Gasteiger partial charge < -0.3 is 10.4 Å². The number of benzene rings is 1. The van der Waals surface area contributed by atoms with E-state index in [1.54, 1.807) is 0 Å². The maximum Gasteiger partial charge on any atom is 0.242 e. The molecule has 0 saturated heterocycles. The van der Waals surface area contributed by atoms with Gasteiger partial charge in [-0.2, -0.15) is 0 Å². The summed E-state index contributed by atoms with van der Waals surface area (Å²) in [6.07, 6.45) is 3.09. The van der Waals surface area contributed by atoms with Crippen molar-refractivity contribution in [1.29, 1.82) is 0 Å². The quantitative estimate of drug-likeness (QED) is 0.892. The Morgan fingerprint density at radius 1 is 1.19 bits per heavy atom. The molecule has 0 aliphatic heterocycles. The molecule has 116 valence electrons. The summed E-state index contributed by atoms with van der Waals surface area (Å²) in [7, 11) is 3.85. The zero-order valence-corrected chi connectivity index (χ0v) is 13.2. The van der Waals surface area contributed by atoms with E-state index in [1.165, 1.54) is 5.56 Å². The Morgan fingerprint density at radius 3 is 2.29 bits per heavy atom. The monoisotopic (exact) mass is 290 g/mol. The van der Waals surface area contributed by atoms with E-state index in [0.29, 0.717) is 0 Å². The van der Waals surface area contributed by atoms with Crippen molar-refractivity contribution >= 4 is 5.91 Å². The largest absolute Gasteiger partial charge is 0.393 e. The first-order valence-electron chi connectivity index (χ1n) is 7.69. The fraction of sp³-hybridized carbons (Fsp3) is 0.588. The van der Waals surface area contributed by atoms with Crippen LogP contribution in [0.3, 0.4) is 0 Å². The standard InChI is InChI=1S/C17H26N2O2/c1-12-4-6-13(7-5-12)16(19(2)3)17(21)18-14-8-10-15(20)11-9-14/h4-7,14-16,20H,8-11H2,1-3H3,(H,18,21). The fourth-order valence-electron chi connectivity index (χ4n) is 2.93. The van der Waals surface area contributed by atoms with Crippen molar-refractivity contribution in [2.75, 3.05) is 14.1 Å². The molecule has 1 aliphatic carbocycles. The predicted octanol–water partition coefficient (Wildman–Crippen LogP) is 2.02. The third kappa shape index (κ3) is 4.29. The minimum Gasteiger partial charge on any atom is -0.393 e. The molecule has 0 radical (unpaired) electrons. The summed E-state index contributed by atoms with van der Waals surface area (Å²) >= 11 is 0. The third-order valence-electron chi connectivity index (χ3n) is 4.20. The highest BCUT2D eigenvalue weighted by molar-refractivity contribution is 5.83. The number of aliphatic hydroxyl groups excluding tert-OH is 1. The number of aryl methyl sites for hydroxylation is 1. The van der Waals surface area contributed by atoms with Crippen LogP contribution in [0.2, 0.25) is 0 Å². The third-order valence-corrected chi connectivity index (χ3v) is 4.20. The van der Waals surface area contributed by atoms with Crippen molar-refractivity contribution in [2.24, 2.45) is 0 Å². The van der Waals surface area contributed by atoms with Gasteiger partial charge >= 0.3 is 0 Å². The first-order valence-corrected chi connectivity index (χ1v) is 7.69. The molecular formula is C17H26N2O2. The molecule has 2 N–H and O–H groups in total. The average molecular weight is 290 g/mol. The number of hydrogen-bond donors (Lipinski definition) is 2. The van der Waals surface area contributed by atoms with Gasteiger partial charge in [0.25, 0.3) is 0 Å². The highest BCUT2D eigenvalue weighted by atomic mass is 16.3. The SMILES string of the molecule is Cc1ccc(C(C(=O)NC2CCC(O)CC2)N(C)C)cc1. The first kappa shape index (κ1) is 16.0. The van der Waals surface area contributed by atoms with Gasteiger partial charge in [0, 0.05) is 6.04 Å². The van der Waals surface area contributed by atoms with Crippen LogP contribution in [-0.4, -0.2) is 42.2 Å². The maximum absolute atomic E-state index is 12.6. The van der Waals surface area contributed by atoms with Crippen molar-refractivity contribution in [2.45, 2.75) is 50.8 Å². The summed E-state index contributed by atoms with van der Waals surface area (Å²) in [5, 5.41) is 12.7. The van der Waals surface area contributed by atoms with Gasteiger partial charge in [-0.3, -0.25) is 9.69 Å². The zero-order valence-electron chi connectivity index (χ0n) is 13.2. The molecule has 4 nitrogen and oxygen atoms in total. The molecule has 1 amide bonds. The van der Waals surface area contributed by atoms with Gasteiger partial charge in [0.05, 0.1) is 6.10 Å². The topological polar surface area (TPSA) is 52.6 Å². The Kier molecular flexibility index (Phi) is 5.37. The van der Waals surface area contributed by atoms with Gasteiger partial charge in [-0.25, -0.2) is 0 Å². The second kappa shape index (κ2) is 7.05. The second-order valence-corrected chi connectivity index (χ2v) is 6.29. The highest BCUT2D eigenvalue weighted by Gasteiger charge is 2.27. The van der Waals surface area contributed by atoms with Crippen LogP contribution in [0.4, 0.5) is 0 Å². The van der Waals surface area contributed by atoms with E-state index in [-0.39, 0.29) is 24.1 Å². The number of likely N-dealkylation sites (N-methyl/N-ethyl adjacent to an activating group) is 1. The van der Waals surface area contributed by atoms with E-state index in [1.807, 2.05) is 50.2 Å². The highest BCUT2D eigenvalue weighted by Crippen LogP contribution is 2.22. The van der Waals surface area contributed by atoms with Gasteiger partial charge in [0.1, 0.15) is 6.04 Å². The minimum absolute atomic E-state index is 0.0465. The molecule has 1 aromatic carbocycles. The lowest BCUT2D eigenvalue weighted by atomic mass is 9.92. The Labute approximate surface area is 127 Å². The Morgan fingerprint density at radius 2 is 1.76 bits per heavy atom. The molecule has 4 heteroatoms. The van der Waals surface area contributed by atoms with Crippen LogP contribution in [0.1, 0.15) is 42.9 Å². The number of nitrogens with zero attached hydrogens (tertiary/aromatic N) is 1. The lowest BCUT2D eigenvalue weighted by molar-refractivity contribution is -0.126. The van der Waals surface area contributed by atoms with Gasteiger partial charge in [0.2, 0.25) is 5.91 Å². The Bertz CT molecular complexity index is 462. The number of hydrogen-bond acceptors (Lipinski definition) is 3. The lowest BCUT2D eigenvalue weighted by Crippen LogP contribution is -2.44. The molecule has 1 aliphatic rings. The predicted molar refractivity (Wildman–Crippen MR) is 84.0 cm³/mol. The maximum atomic E-state index is 12.6. The van der Waals surface area contributed by atoms with E-state index in [0.717, 1.165) is 31.2 Å². The summed E-state index contributed by atoms with van der Waals surface area (Å²) in [6, 6.07) is 8.03. The summed E-state index contributed by atoms with van der Waals surface area (Å²) in [5.74, 6) is 0.0465. The lowest BCUT2D eigenvalue weighted by Gasteiger charge is -2.30. The van der Waals surface area contributed by atoms with E-state index >= 15 is 0 Å². The van der Waals surface area contributed by atoms with Gasteiger partial charge in [-0.15, -0.1) is 0 Å². The van der Waals surface area contributed by atoms with Crippen LogP contribution in [0, 0.1) is 6.92 Å². The average Bonchev–Trinajstić information content (AvgIpc) is 2.43. The Balaban J connectivity index is 2.04. The minimum atomic E-state index is -0.266. The summed E-state index contributed by atoms with van der Waals surface area (Å²) in [6.45, 7) is 2.04. The van der Waals surface area contributed by atoms with Crippen LogP contribution in [0.15, 0.2) is 24.3 Å². The molecule has 0 aromatic heterocycles. The summed E-state index contributed by atoms with van der Waals surface area (Å²) < 4.78 is 0. The van der Waals surface area contributed by atoms with Crippen LogP contribution in [0.5, 0.6) is 0 Å². The first-order chi connectivity index (χ1) is 9.97. The van der Waals surface area contributed by atoms with Crippen LogP contribution in [0.25, 0.3) is 0 Å². The van der Waals surface area contributed by atoms with Crippen molar-refractivity contribution in [3.05, 3.63) is 35.4 Å². The molecule has 0 heterocycles. The molecule has 1 saturated carbocycles. The molecule has 1 aromatic rings. The number of carbonyl (C=O) groups excluding carboxylic acids is 1. The fourth-order valence-corrected chi connectivity index (χ4v) is 2.93. The van der Waals surface area contributed by atoms with Crippen LogP contribution < -0.4 is 5.32 Å². The Hall–Kier alpha value is -1.39. The van der Waals surface area contributed by atoms with Crippen LogP contribution >= 0.6 is 0 Å². The molecule has 0 bridgehead atoms. The molecular weight excluding hydrogens is 264 g/mol. The summed E-state index contributed by atoms with van der Waals surface area (Å²) in [4.78, 5) is 14.5. The summed E-state index contributed by atoms with van der Waals surface area (Å²) in [5.41, 5.74) is 2.21. The van der Waals surface area contributed by atoms with E-state index < -0.39 is 0 Å². The van der Waals surface area contributed by atoms with Crippen molar-refractivity contribution in [3.63, 3.8) is 0 Å². The van der Waals surface area contributed by atoms with Crippen LogP contribution in [-0.2, 0) is 4.79 Å².